The zero-order valence-corrected chi connectivity index (χ0v) is 15.2. The first-order chi connectivity index (χ1) is 11.9. The molecule has 25 heavy (non-hydrogen) atoms. The number of nitrogens with zero attached hydrogens (tertiary/aromatic N) is 4. The lowest BCUT2D eigenvalue weighted by Crippen LogP contribution is -2.35. The summed E-state index contributed by atoms with van der Waals surface area (Å²) in [5.74, 6) is 0.767. The maximum Gasteiger partial charge on any atom is 0.272 e. The summed E-state index contributed by atoms with van der Waals surface area (Å²) in [5.41, 5.74) is 0.292. The van der Waals surface area contributed by atoms with Gasteiger partial charge < -0.3 is 9.88 Å². The summed E-state index contributed by atoms with van der Waals surface area (Å²) in [5, 5.41) is 0.00520. The molecule has 1 aliphatic rings. The topological polar surface area (TPSA) is 99.3 Å². The van der Waals surface area contributed by atoms with Crippen LogP contribution < -0.4 is 10.5 Å². The molecule has 134 valence electrons. The molecule has 0 saturated carbocycles. The third-order valence-electron chi connectivity index (χ3n) is 4.02. The number of aromatic nitrogens is 3. The molecular formula is C15H18ClN5O3S. The van der Waals surface area contributed by atoms with E-state index >= 15 is 0 Å². The molecule has 0 unspecified atom stereocenters. The zero-order valence-electron chi connectivity index (χ0n) is 13.6. The highest BCUT2D eigenvalue weighted by Crippen LogP contribution is 2.24. The maximum absolute atomic E-state index is 12.2. The van der Waals surface area contributed by atoms with Crippen LogP contribution in [0.15, 0.2) is 29.3 Å². The van der Waals surface area contributed by atoms with E-state index in [9.17, 15) is 13.2 Å². The van der Waals surface area contributed by atoms with Gasteiger partial charge in [-0.3, -0.25) is 9.78 Å². The van der Waals surface area contributed by atoms with Crippen LogP contribution >= 0.6 is 11.6 Å². The Kier molecular flexibility index (Phi) is 5.07. The van der Waals surface area contributed by atoms with Crippen molar-refractivity contribution in [2.75, 3.05) is 37.3 Å². The number of pyridine rings is 1. The van der Waals surface area contributed by atoms with E-state index in [2.05, 4.69) is 15.0 Å². The summed E-state index contributed by atoms with van der Waals surface area (Å²) in [7, 11) is -3.25. The minimum atomic E-state index is -3.25. The molecule has 8 nitrogen and oxygen atoms in total. The van der Waals surface area contributed by atoms with E-state index in [1.165, 1.54) is 10.6 Å². The van der Waals surface area contributed by atoms with Gasteiger partial charge in [0.05, 0.1) is 6.26 Å². The highest BCUT2D eigenvalue weighted by atomic mass is 35.5. The van der Waals surface area contributed by atoms with Gasteiger partial charge in [0.25, 0.3) is 5.56 Å². The van der Waals surface area contributed by atoms with Gasteiger partial charge in [-0.25, -0.2) is 17.7 Å². The molecule has 2 aromatic rings. The highest BCUT2D eigenvalue weighted by Gasteiger charge is 2.24. The van der Waals surface area contributed by atoms with Gasteiger partial charge in [-0.15, -0.1) is 0 Å². The van der Waals surface area contributed by atoms with Crippen LogP contribution in [-0.4, -0.2) is 60.1 Å². The van der Waals surface area contributed by atoms with E-state index in [1.807, 2.05) is 4.90 Å². The van der Waals surface area contributed by atoms with Crippen LogP contribution in [0, 0.1) is 0 Å². The lowest BCUT2D eigenvalue weighted by atomic mass is 10.2. The third kappa shape index (κ3) is 4.00. The number of rotatable bonds is 3. The van der Waals surface area contributed by atoms with Crippen molar-refractivity contribution in [1.82, 2.24) is 19.3 Å². The smallest absolute Gasteiger partial charge is 0.272 e. The van der Waals surface area contributed by atoms with Crippen LogP contribution in [0.1, 0.15) is 6.42 Å². The Balaban J connectivity index is 1.94. The molecule has 0 amide bonds. The Morgan fingerprint density at radius 1 is 1.16 bits per heavy atom. The standard InChI is InChI=1S/C15H18ClN5O3S/c1-25(23,24)21-8-2-7-20(9-10-21)14-12(16)15(22)19-13(18-14)11-3-5-17-6-4-11/h3-6H,2,7-10H2,1H3,(H,18,19,22). The molecule has 0 aliphatic carbocycles. The van der Waals surface area contributed by atoms with Crippen molar-refractivity contribution in [3.8, 4) is 11.4 Å². The molecular weight excluding hydrogens is 366 g/mol. The van der Waals surface area contributed by atoms with Crippen LogP contribution in [0.3, 0.4) is 0 Å². The maximum atomic E-state index is 12.2. The summed E-state index contributed by atoms with van der Waals surface area (Å²) in [6, 6.07) is 3.48. The summed E-state index contributed by atoms with van der Waals surface area (Å²) >= 11 is 6.17. The predicted molar refractivity (Wildman–Crippen MR) is 96.3 cm³/mol. The van der Waals surface area contributed by atoms with E-state index in [1.54, 1.807) is 24.5 Å². The Morgan fingerprint density at radius 2 is 1.88 bits per heavy atom. The first-order valence-corrected chi connectivity index (χ1v) is 9.99. The molecule has 0 bridgehead atoms. The molecule has 3 heterocycles. The molecule has 1 saturated heterocycles. The molecule has 0 aromatic carbocycles. The minimum Gasteiger partial charge on any atom is -0.354 e. The second-order valence-corrected chi connectivity index (χ2v) is 8.15. The van der Waals surface area contributed by atoms with Crippen LogP contribution in [0.5, 0.6) is 0 Å². The number of H-pyrrole nitrogens is 1. The average Bonchev–Trinajstić information content (AvgIpc) is 2.84. The predicted octanol–water partition coefficient (Wildman–Crippen LogP) is 0.957. The lowest BCUT2D eigenvalue weighted by molar-refractivity contribution is 0.437. The summed E-state index contributed by atoms with van der Waals surface area (Å²) < 4.78 is 24.9. The van der Waals surface area contributed by atoms with Crippen molar-refractivity contribution in [2.24, 2.45) is 0 Å². The van der Waals surface area contributed by atoms with Gasteiger partial charge in [0.1, 0.15) is 10.8 Å². The van der Waals surface area contributed by atoms with E-state index < -0.39 is 15.6 Å². The fourth-order valence-electron chi connectivity index (χ4n) is 2.74. The van der Waals surface area contributed by atoms with Gasteiger partial charge in [-0.05, 0) is 18.6 Å². The van der Waals surface area contributed by atoms with Crippen LogP contribution in [0.4, 0.5) is 5.82 Å². The van der Waals surface area contributed by atoms with Crippen molar-refractivity contribution < 1.29 is 8.42 Å². The average molecular weight is 384 g/mol. The molecule has 0 spiro atoms. The highest BCUT2D eigenvalue weighted by molar-refractivity contribution is 7.88. The Morgan fingerprint density at radius 3 is 2.56 bits per heavy atom. The number of aromatic amines is 1. The quantitative estimate of drug-likeness (QED) is 0.847. The molecule has 1 aliphatic heterocycles. The number of hydrogen-bond donors (Lipinski definition) is 1. The lowest BCUT2D eigenvalue weighted by Gasteiger charge is -2.23. The van der Waals surface area contributed by atoms with Crippen molar-refractivity contribution in [1.29, 1.82) is 0 Å². The second kappa shape index (κ2) is 7.11. The van der Waals surface area contributed by atoms with Crippen molar-refractivity contribution in [2.45, 2.75) is 6.42 Å². The monoisotopic (exact) mass is 383 g/mol. The van der Waals surface area contributed by atoms with Gasteiger partial charge in [0.2, 0.25) is 10.0 Å². The van der Waals surface area contributed by atoms with Gasteiger partial charge in [-0.1, -0.05) is 11.6 Å². The van der Waals surface area contributed by atoms with Gasteiger partial charge in [0.15, 0.2) is 5.82 Å². The largest absolute Gasteiger partial charge is 0.354 e. The second-order valence-electron chi connectivity index (χ2n) is 5.79. The van der Waals surface area contributed by atoms with Gasteiger partial charge >= 0.3 is 0 Å². The normalized spacial score (nSPS) is 16.6. The van der Waals surface area contributed by atoms with Gasteiger partial charge in [-0.2, -0.15) is 0 Å². The van der Waals surface area contributed by atoms with Crippen molar-refractivity contribution in [3.63, 3.8) is 0 Å². The molecule has 10 heteroatoms. The van der Waals surface area contributed by atoms with Gasteiger partial charge in [0, 0.05) is 44.1 Å². The molecule has 1 fully saturated rings. The van der Waals surface area contributed by atoms with Crippen molar-refractivity contribution in [3.05, 3.63) is 39.9 Å². The van der Waals surface area contributed by atoms with Crippen LogP contribution in [-0.2, 0) is 10.0 Å². The molecule has 0 atom stereocenters. The van der Waals surface area contributed by atoms with Crippen LogP contribution in [0.2, 0.25) is 5.02 Å². The fourth-order valence-corrected chi connectivity index (χ4v) is 3.82. The number of hydrogen-bond acceptors (Lipinski definition) is 6. The number of halogens is 1. The Hall–Kier alpha value is -1.97. The third-order valence-corrected chi connectivity index (χ3v) is 5.67. The summed E-state index contributed by atoms with van der Waals surface area (Å²) in [6.45, 7) is 1.75. The Bertz CT molecular complexity index is 917. The Labute approximate surface area is 150 Å². The molecule has 1 N–H and O–H groups in total. The first kappa shape index (κ1) is 17.8. The molecule has 2 aromatic heterocycles. The van der Waals surface area contributed by atoms with Crippen LogP contribution in [0.25, 0.3) is 11.4 Å². The minimum absolute atomic E-state index is 0.00520. The van der Waals surface area contributed by atoms with Crippen molar-refractivity contribution >= 4 is 27.4 Å². The number of anilines is 1. The van der Waals surface area contributed by atoms with E-state index in [0.717, 1.165) is 5.56 Å². The number of nitrogens with one attached hydrogen (secondary N) is 1. The van der Waals surface area contributed by atoms with E-state index in [0.29, 0.717) is 44.2 Å². The summed E-state index contributed by atoms with van der Waals surface area (Å²) in [4.78, 5) is 25.2. The van der Waals surface area contributed by atoms with E-state index in [-0.39, 0.29) is 5.02 Å². The number of sulfonamides is 1. The van der Waals surface area contributed by atoms with E-state index in [4.69, 9.17) is 11.6 Å². The molecule has 0 radical (unpaired) electrons. The summed E-state index contributed by atoms with van der Waals surface area (Å²) in [6.07, 6.45) is 5.05. The molecule has 3 rings (SSSR count). The zero-order chi connectivity index (χ0) is 18.0. The SMILES string of the molecule is CS(=O)(=O)N1CCCN(c2nc(-c3ccncc3)[nH]c(=O)c2Cl)CC1. The first-order valence-electron chi connectivity index (χ1n) is 7.76. The fraction of sp³-hybridized carbons (Fsp3) is 0.400.